The van der Waals surface area contributed by atoms with E-state index in [9.17, 15) is 9.59 Å². The number of amides is 2. The molecule has 3 aromatic rings. The van der Waals surface area contributed by atoms with Crippen LogP contribution < -0.4 is 15.6 Å². The number of carbonyl (C=O) groups is 1. The number of nitrogens with one attached hydrogen (secondary N) is 2. The fourth-order valence-electron chi connectivity index (χ4n) is 3.39. The zero-order chi connectivity index (χ0) is 20.2. The summed E-state index contributed by atoms with van der Waals surface area (Å²) < 4.78 is 5.74. The maximum absolute atomic E-state index is 12.7. The Morgan fingerprint density at radius 3 is 2.79 bits per heavy atom. The molecule has 1 atom stereocenters. The van der Waals surface area contributed by atoms with Gasteiger partial charge in [0.2, 0.25) is 0 Å². The summed E-state index contributed by atoms with van der Waals surface area (Å²) in [5.41, 5.74) is 2.51. The third kappa shape index (κ3) is 4.29. The maximum Gasteiger partial charge on any atom is 0.318 e. The number of aromatic nitrogens is 2. The summed E-state index contributed by atoms with van der Waals surface area (Å²) in [4.78, 5) is 33.1. The van der Waals surface area contributed by atoms with Gasteiger partial charge >= 0.3 is 6.03 Å². The van der Waals surface area contributed by atoms with Crippen molar-refractivity contribution in [1.29, 1.82) is 0 Å². The van der Waals surface area contributed by atoms with E-state index in [1.165, 1.54) is 0 Å². The molecule has 7 nitrogen and oxygen atoms in total. The Hall–Kier alpha value is -3.61. The first-order chi connectivity index (χ1) is 14.1. The van der Waals surface area contributed by atoms with Crippen molar-refractivity contribution < 1.29 is 9.53 Å². The molecule has 0 bridgehead atoms. The van der Waals surface area contributed by atoms with Gasteiger partial charge < -0.3 is 19.9 Å². The number of pyridine rings is 2. The highest BCUT2D eigenvalue weighted by Gasteiger charge is 2.23. The van der Waals surface area contributed by atoms with Crippen molar-refractivity contribution in [3.05, 3.63) is 88.1 Å². The highest BCUT2D eigenvalue weighted by atomic mass is 16.5. The number of carbonyl (C=O) groups excluding carboxylic acids is 1. The van der Waals surface area contributed by atoms with Crippen molar-refractivity contribution in [3.8, 4) is 11.5 Å². The van der Waals surface area contributed by atoms with Gasteiger partial charge in [-0.15, -0.1) is 0 Å². The number of rotatable bonds is 4. The molecule has 0 fully saturated rings. The van der Waals surface area contributed by atoms with Gasteiger partial charge in [0.1, 0.15) is 11.5 Å². The predicted molar refractivity (Wildman–Crippen MR) is 109 cm³/mol. The Bertz CT molecular complexity index is 1050. The van der Waals surface area contributed by atoms with Gasteiger partial charge in [-0.05, 0) is 54.8 Å². The molecule has 0 spiro atoms. The number of aromatic amines is 1. The molecule has 1 aliphatic heterocycles. The fraction of sp³-hybridized carbons (Fsp3) is 0.227. The molecule has 1 unspecified atom stereocenters. The maximum atomic E-state index is 12.7. The number of fused-ring (bicyclic) bond motifs is 1. The van der Waals surface area contributed by atoms with Crippen LogP contribution in [0.1, 0.15) is 29.7 Å². The summed E-state index contributed by atoms with van der Waals surface area (Å²) in [6, 6.07) is 12.8. The number of nitrogens with zero attached hydrogens (tertiary/aromatic N) is 2. The van der Waals surface area contributed by atoms with E-state index in [1.54, 1.807) is 23.5 Å². The van der Waals surface area contributed by atoms with Crippen LogP contribution in [0.3, 0.4) is 0 Å². The monoisotopic (exact) mass is 390 g/mol. The van der Waals surface area contributed by atoms with Crippen LogP contribution >= 0.6 is 0 Å². The number of hydrogen-bond donors (Lipinski definition) is 2. The van der Waals surface area contributed by atoms with Crippen molar-refractivity contribution >= 4 is 6.03 Å². The van der Waals surface area contributed by atoms with Crippen molar-refractivity contribution in [1.82, 2.24) is 20.2 Å². The molecule has 2 amide bonds. The third-order valence-corrected chi connectivity index (χ3v) is 5.04. The van der Waals surface area contributed by atoms with Crippen molar-refractivity contribution in [2.45, 2.75) is 25.9 Å². The van der Waals surface area contributed by atoms with Crippen LogP contribution in [-0.4, -0.2) is 27.4 Å². The van der Waals surface area contributed by atoms with Gasteiger partial charge in [0.15, 0.2) is 0 Å². The van der Waals surface area contributed by atoms with E-state index < -0.39 is 0 Å². The second-order valence-electron chi connectivity index (χ2n) is 7.01. The van der Waals surface area contributed by atoms with Gasteiger partial charge in [0, 0.05) is 24.5 Å². The molecule has 148 valence electrons. The van der Waals surface area contributed by atoms with Crippen molar-refractivity contribution in [2.24, 2.45) is 0 Å². The molecule has 0 saturated heterocycles. The standard InChI is InChI=1S/C22H22N4O3/c1-15(16-4-6-18(7-5-16)29-19-3-2-10-23-13-19)25-22(28)26-12-9-17-8-11-24-21(27)20(17)14-26/h2-8,10-11,13,15H,9,12,14H2,1H3,(H,24,27)(H,25,28). The molecular weight excluding hydrogens is 368 g/mol. The number of H-pyrrole nitrogens is 1. The lowest BCUT2D eigenvalue weighted by atomic mass is 10.0. The van der Waals surface area contributed by atoms with Crippen molar-refractivity contribution in [2.75, 3.05) is 6.54 Å². The van der Waals surface area contributed by atoms with Gasteiger partial charge in [0.05, 0.1) is 18.8 Å². The molecule has 0 aliphatic carbocycles. The minimum Gasteiger partial charge on any atom is -0.456 e. The topological polar surface area (TPSA) is 87.3 Å². The van der Waals surface area contributed by atoms with Crippen LogP contribution in [0.2, 0.25) is 0 Å². The molecule has 1 aromatic carbocycles. The Kier molecular flexibility index (Phi) is 5.29. The molecule has 1 aliphatic rings. The molecular formula is C22H22N4O3. The second-order valence-corrected chi connectivity index (χ2v) is 7.01. The molecule has 7 heteroatoms. The zero-order valence-corrected chi connectivity index (χ0v) is 16.1. The molecule has 2 aromatic heterocycles. The SMILES string of the molecule is CC(NC(=O)N1CCc2cc[nH]c(=O)c2C1)c1ccc(Oc2cccnc2)cc1. The summed E-state index contributed by atoms with van der Waals surface area (Å²) >= 11 is 0. The van der Waals surface area contributed by atoms with Crippen LogP contribution in [0.5, 0.6) is 11.5 Å². The lowest BCUT2D eigenvalue weighted by molar-refractivity contribution is 0.189. The van der Waals surface area contributed by atoms with E-state index >= 15 is 0 Å². The highest BCUT2D eigenvalue weighted by Crippen LogP contribution is 2.23. The highest BCUT2D eigenvalue weighted by molar-refractivity contribution is 5.75. The first-order valence-electron chi connectivity index (χ1n) is 9.53. The normalized spacial score (nSPS) is 14.0. The quantitative estimate of drug-likeness (QED) is 0.715. The number of hydrogen-bond acceptors (Lipinski definition) is 4. The molecule has 0 saturated carbocycles. The van der Waals surface area contributed by atoms with Crippen LogP contribution in [-0.2, 0) is 13.0 Å². The van der Waals surface area contributed by atoms with Crippen LogP contribution in [0, 0.1) is 0 Å². The van der Waals surface area contributed by atoms with E-state index in [-0.39, 0.29) is 17.6 Å². The average molecular weight is 390 g/mol. The second kappa shape index (κ2) is 8.18. The molecule has 2 N–H and O–H groups in total. The third-order valence-electron chi connectivity index (χ3n) is 5.04. The van der Waals surface area contributed by atoms with Crippen LogP contribution in [0.15, 0.2) is 65.8 Å². The number of urea groups is 1. The summed E-state index contributed by atoms with van der Waals surface area (Å²) in [5.74, 6) is 1.37. The Morgan fingerprint density at radius 1 is 1.21 bits per heavy atom. The summed E-state index contributed by atoms with van der Waals surface area (Å²) in [6.45, 7) is 2.84. The Morgan fingerprint density at radius 2 is 2.03 bits per heavy atom. The summed E-state index contributed by atoms with van der Waals surface area (Å²) in [5, 5.41) is 3.01. The van der Waals surface area contributed by atoms with E-state index in [0.717, 1.165) is 11.1 Å². The smallest absolute Gasteiger partial charge is 0.318 e. The Balaban J connectivity index is 1.38. The fourth-order valence-corrected chi connectivity index (χ4v) is 3.39. The molecule has 4 rings (SSSR count). The zero-order valence-electron chi connectivity index (χ0n) is 16.1. The predicted octanol–water partition coefficient (Wildman–Crippen LogP) is 3.39. The largest absolute Gasteiger partial charge is 0.456 e. The minimum absolute atomic E-state index is 0.128. The summed E-state index contributed by atoms with van der Waals surface area (Å²) in [6.07, 6.45) is 5.68. The first kappa shape index (κ1) is 18.7. The van der Waals surface area contributed by atoms with Crippen LogP contribution in [0.4, 0.5) is 4.79 Å². The number of ether oxygens (including phenoxy) is 1. The number of benzene rings is 1. The minimum atomic E-state index is -0.179. The summed E-state index contributed by atoms with van der Waals surface area (Å²) in [7, 11) is 0. The lowest BCUT2D eigenvalue weighted by Gasteiger charge is -2.29. The van der Waals surface area contributed by atoms with Gasteiger partial charge in [-0.1, -0.05) is 12.1 Å². The molecule has 0 radical (unpaired) electrons. The van der Waals surface area contributed by atoms with E-state index in [0.29, 0.717) is 36.6 Å². The van der Waals surface area contributed by atoms with Gasteiger partial charge in [-0.3, -0.25) is 9.78 Å². The van der Waals surface area contributed by atoms with Gasteiger partial charge in [-0.25, -0.2) is 4.79 Å². The van der Waals surface area contributed by atoms with Gasteiger partial charge in [0.25, 0.3) is 5.56 Å². The lowest BCUT2D eigenvalue weighted by Crippen LogP contribution is -2.45. The average Bonchev–Trinajstić information content (AvgIpc) is 2.75. The Labute approximate surface area is 168 Å². The van der Waals surface area contributed by atoms with Crippen molar-refractivity contribution in [3.63, 3.8) is 0 Å². The van der Waals surface area contributed by atoms with E-state index in [4.69, 9.17) is 4.74 Å². The molecule has 3 heterocycles. The van der Waals surface area contributed by atoms with E-state index in [1.807, 2.05) is 49.4 Å². The van der Waals surface area contributed by atoms with E-state index in [2.05, 4.69) is 15.3 Å². The molecule has 29 heavy (non-hydrogen) atoms. The first-order valence-corrected chi connectivity index (χ1v) is 9.53. The van der Waals surface area contributed by atoms with Crippen LogP contribution in [0.25, 0.3) is 0 Å². The van der Waals surface area contributed by atoms with Gasteiger partial charge in [-0.2, -0.15) is 0 Å².